The molecule has 19 heavy (non-hydrogen) atoms. The molecule has 98 valence electrons. The van der Waals surface area contributed by atoms with Crippen molar-refractivity contribution in [3.8, 4) is 0 Å². The summed E-state index contributed by atoms with van der Waals surface area (Å²) < 4.78 is 10.7. The number of hydrogen-bond donors (Lipinski definition) is 0. The Balaban J connectivity index is 1.71. The zero-order valence-corrected chi connectivity index (χ0v) is 10.4. The van der Waals surface area contributed by atoms with Crippen molar-refractivity contribution < 1.29 is 4.74 Å². The average Bonchev–Trinajstić information content (AvgIpc) is 3.01. The van der Waals surface area contributed by atoms with E-state index in [-0.39, 0.29) is 34.3 Å². The second-order valence-corrected chi connectivity index (χ2v) is 7.49. The summed E-state index contributed by atoms with van der Waals surface area (Å²) in [6, 6.07) is 0.503. The van der Waals surface area contributed by atoms with E-state index in [9.17, 15) is 9.59 Å². The summed E-state index contributed by atoms with van der Waals surface area (Å²) in [7, 11) is 1.61. The van der Waals surface area contributed by atoms with E-state index in [1.807, 2.05) is 9.36 Å². The van der Waals surface area contributed by atoms with Crippen molar-refractivity contribution in [1.82, 2.24) is 13.9 Å². The normalized spacial score (nSPS) is 63.2. The number of rotatable bonds is 0. The van der Waals surface area contributed by atoms with Crippen LogP contribution in [0.3, 0.4) is 0 Å². The minimum Gasteiger partial charge on any atom is -0.380 e. The third-order valence-corrected chi connectivity index (χ3v) is 7.66. The Hall–Kier alpha value is -1.30. The summed E-state index contributed by atoms with van der Waals surface area (Å²) in [5, 5.41) is 0. The van der Waals surface area contributed by atoms with Crippen molar-refractivity contribution >= 4 is 0 Å². The quantitative estimate of drug-likeness (QED) is 0.598. The van der Waals surface area contributed by atoms with Crippen LogP contribution < -0.4 is 11.4 Å². The Bertz CT molecular complexity index is 770. The molecule has 3 aliphatic heterocycles. The van der Waals surface area contributed by atoms with E-state index >= 15 is 0 Å². The maximum absolute atomic E-state index is 12.4. The summed E-state index contributed by atoms with van der Waals surface area (Å²) in [4.78, 5) is 24.8. The molecule has 4 heterocycles. The summed E-state index contributed by atoms with van der Waals surface area (Å²) in [6.07, 6.45) is 0. The summed E-state index contributed by atoms with van der Waals surface area (Å²) in [5.41, 5.74) is 0.205. The van der Waals surface area contributed by atoms with E-state index in [4.69, 9.17) is 4.74 Å². The molecule has 6 unspecified atom stereocenters. The molecule has 6 atom stereocenters. The first-order valence-corrected chi connectivity index (χ1v) is 7.16. The molecule has 0 amide bonds. The van der Waals surface area contributed by atoms with Crippen molar-refractivity contribution in [3.05, 3.63) is 21.0 Å². The highest BCUT2D eigenvalue weighted by atomic mass is 16.5. The van der Waals surface area contributed by atoms with Gasteiger partial charge in [0.15, 0.2) is 0 Å². The molecular weight excluding hydrogens is 246 g/mol. The average molecular weight is 259 g/mol. The van der Waals surface area contributed by atoms with Crippen molar-refractivity contribution in [2.24, 2.45) is 41.5 Å². The molecule has 1 saturated heterocycles. The first-order chi connectivity index (χ1) is 9.18. The van der Waals surface area contributed by atoms with Crippen LogP contribution in [0.15, 0.2) is 9.59 Å². The topological polar surface area (TPSA) is 58.2 Å². The number of hydrogen-bond acceptors (Lipinski definition) is 3. The SMILES string of the molecule is Cn1c(=O)n2n(c1=O)C1C3C4C3C3C5(COCC135)C42. The number of aromatic nitrogens is 3. The van der Waals surface area contributed by atoms with E-state index in [0.29, 0.717) is 11.8 Å². The van der Waals surface area contributed by atoms with Crippen molar-refractivity contribution in [1.29, 1.82) is 0 Å². The lowest BCUT2D eigenvalue weighted by atomic mass is 9.73. The fraction of sp³-hybridized carbons (Fsp3) is 0.846. The Morgan fingerprint density at radius 3 is 2.05 bits per heavy atom. The van der Waals surface area contributed by atoms with Crippen LogP contribution in [0.1, 0.15) is 12.1 Å². The monoisotopic (exact) mass is 259 g/mol. The Kier molecular flexibility index (Phi) is 0.873. The highest BCUT2D eigenvalue weighted by Crippen LogP contribution is 3.03. The zero-order valence-electron chi connectivity index (χ0n) is 10.4. The minimum absolute atomic E-state index is 0.119. The number of nitrogens with zero attached hydrogens (tertiary/aromatic N) is 3. The molecule has 5 fully saturated rings. The largest absolute Gasteiger partial charge is 0.380 e. The van der Waals surface area contributed by atoms with Crippen LogP contribution in [-0.4, -0.2) is 27.1 Å². The van der Waals surface area contributed by atoms with Crippen LogP contribution in [0.25, 0.3) is 0 Å². The van der Waals surface area contributed by atoms with Gasteiger partial charge < -0.3 is 4.74 Å². The molecular formula is C13H13N3O3. The highest BCUT2D eigenvalue weighted by molar-refractivity contribution is 5.50. The predicted octanol–water partition coefficient (Wildman–Crippen LogP) is -1.03. The minimum atomic E-state index is -0.119. The highest BCUT2D eigenvalue weighted by Gasteiger charge is 3.04. The molecule has 2 spiro atoms. The van der Waals surface area contributed by atoms with Crippen LogP contribution in [0.5, 0.6) is 0 Å². The summed E-state index contributed by atoms with van der Waals surface area (Å²) in [5.74, 6) is 2.86. The van der Waals surface area contributed by atoms with Gasteiger partial charge in [-0.1, -0.05) is 0 Å². The molecule has 8 rings (SSSR count). The van der Waals surface area contributed by atoms with Gasteiger partial charge in [0.25, 0.3) is 0 Å². The smallest absolute Gasteiger partial charge is 0.347 e. The fourth-order valence-electron chi connectivity index (χ4n) is 7.50. The van der Waals surface area contributed by atoms with E-state index in [0.717, 1.165) is 25.0 Å². The standard InChI is InChI=1S/C13H13N3O3/c1-14-10(17)15-8-5-4-6(5)9(16(15)11(14)18)13-3-19-2-12(8,13)7(4)13/h4-9H,2-3H2,1H3. The molecule has 1 aromatic rings. The Morgan fingerprint density at radius 2 is 1.53 bits per heavy atom. The van der Waals surface area contributed by atoms with Crippen LogP contribution in [0, 0.1) is 34.5 Å². The molecule has 7 aliphatic rings. The van der Waals surface area contributed by atoms with Crippen LogP contribution in [0.2, 0.25) is 0 Å². The Labute approximate surface area is 107 Å². The van der Waals surface area contributed by atoms with Gasteiger partial charge in [-0.15, -0.1) is 0 Å². The van der Waals surface area contributed by atoms with E-state index in [1.165, 1.54) is 4.57 Å². The molecule has 0 radical (unpaired) electrons. The van der Waals surface area contributed by atoms with Gasteiger partial charge in [0.05, 0.1) is 25.3 Å². The molecule has 4 aliphatic carbocycles. The molecule has 0 aromatic carbocycles. The van der Waals surface area contributed by atoms with Crippen molar-refractivity contribution in [2.75, 3.05) is 13.2 Å². The van der Waals surface area contributed by atoms with Gasteiger partial charge >= 0.3 is 11.4 Å². The summed E-state index contributed by atoms with van der Waals surface area (Å²) >= 11 is 0. The van der Waals surface area contributed by atoms with E-state index in [1.54, 1.807) is 7.05 Å². The van der Waals surface area contributed by atoms with Crippen LogP contribution in [0.4, 0.5) is 0 Å². The first-order valence-electron chi connectivity index (χ1n) is 7.16. The molecule has 2 bridgehead atoms. The molecule has 1 aromatic heterocycles. The van der Waals surface area contributed by atoms with Gasteiger partial charge in [0.2, 0.25) is 0 Å². The second-order valence-electron chi connectivity index (χ2n) is 7.49. The van der Waals surface area contributed by atoms with Gasteiger partial charge in [0.1, 0.15) is 0 Å². The van der Waals surface area contributed by atoms with E-state index in [2.05, 4.69) is 0 Å². The van der Waals surface area contributed by atoms with Gasteiger partial charge in [0, 0.05) is 17.9 Å². The lowest BCUT2D eigenvalue weighted by molar-refractivity contribution is 0.0280. The first kappa shape index (κ1) is 8.79. The number of ether oxygens (including phenoxy) is 1. The molecule has 6 nitrogen and oxygen atoms in total. The second kappa shape index (κ2) is 1.89. The molecule has 4 saturated carbocycles. The lowest BCUT2D eigenvalue weighted by Crippen LogP contribution is -2.52. The molecule has 6 heteroatoms. The maximum Gasteiger partial charge on any atom is 0.347 e. The van der Waals surface area contributed by atoms with Crippen molar-refractivity contribution in [2.45, 2.75) is 12.1 Å². The van der Waals surface area contributed by atoms with Gasteiger partial charge in [-0.05, 0) is 23.7 Å². The van der Waals surface area contributed by atoms with Gasteiger partial charge in [-0.2, -0.15) is 0 Å². The van der Waals surface area contributed by atoms with Crippen molar-refractivity contribution in [3.63, 3.8) is 0 Å². The zero-order chi connectivity index (χ0) is 12.5. The van der Waals surface area contributed by atoms with E-state index < -0.39 is 0 Å². The van der Waals surface area contributed by atoms with Crippen LogP contribution >= 0.6 is 0 Å². The molecule has 0 N–H and O–H groups in total. The fourth-order valence-corrected chi connectivity index (χ4v) is 7.50. The Morgan fingerprint density at radius 1 is 1.00 bits per heavy atom. The lowest BCUT2D eigenvalue weighted by Gasteiger charge is -2.44. The maximum atomic E-state index is 12.4. The van der Waals surface area contributed by atoms with Gasteiger partial charge in [-0.3, -0.25) is 0 Å². The van der Waals surface area contributed by atoms with Gasteiger partial charge in [-0.25, -0.2) is 23.5 Å². The summed E-state index contributed by atoms with van der Waals surface area (Å²) in [6.45, 7) is 1.63. The van der Waals surface area contributed by atoms with Crippen LogP contribution in [-0.2, 0) is 11.8 Å². The third-order valence-electron chi connectivity index (χ3n) is 7.66. The third kappa shape index (κ3) is 0.469. The predicted molar refractivity (Wildman–Crippen MR) is 61.7 cm³/mol.